The Labute approximate surface area is 119 Å². The number of carbonyl (C=O) groups is 2. The summed E-state index contributed by atoms with van der Waals surface area (Å²) in [7, 11) is 0. The summed E-state index contributed by atoms with van der Waals surface area (Å²) in [5.41, 5.74) is 0. The molecular weight excluding hydrogens is 250 g/mol. The van der Waals surface area contributed by atoms with Gasteiger partial charge in [-0.1, -0.05) is 44.1 Å². The van der Waals surface area contributed by atoms with Gasteiger partial charge in [-0.15, -0.1) is 0 Å². The van der Waals surface area contributed by atoms with E-state index in [0.29, 0.717) is 18.4 Å². The van der Waals surface area contributed by atoms with Crippen LogP contribution in [0.5, 0.6) is 0 Å². The lowest BCUT2D eigenvalue weighted by Gasteiger charge is -2.51. The van der Waals surface area contributed by atoms with E-state index in [0.717, 1.165) is 19.3 Å². The predicted molar refractivity (Wildman–Crippen MR) is 75.5 cm³/mol. The molecule has 0 aromatic carbocycles. The third-order valence-corrected chi connectivity index (χ3v) is 5.75. The predicted octanol–water partition coefficient (Wildman–Crippen LogP) is 2.40. The molecule has 2 amide bonds. The van der Waals surface area contributed by atoms with Crippen molar-refractivity contribution in [3.8, 4) is 0 Å². The number of hydrogen-bond acceptors (Lipinski definition) is 2. The standard InChI is InChI=1S/C17H21NO2/c1-2-3-4-9-18-16(19)14-12-7-8-13(15(14)17(18)20)11-6-5-10(11)12/h5-8,10-15H,2-4,9H2,1H3/t10-,11?,12?,13?,14?,15+/m1/s1. The Morgan fingerprint density at radius 2 is 1.35 bits per heavy atom. The van der Waals surface area contributed by atoms with Gasteiger partial charge in [0, 0.05) is 6.54 Å². The van der Waals surface area contributed by atoms with Crippen molar-refractivity contribution in [3.63, 3.8) is 0 Å². The Morgan fingerprint density at radius 1 is 0.850 bits per heavy atom. The van der Waals surface area contributed by atoms with Gasteiger partial charge in [0.2, 0.25) is 11.8 Å². The van der Waals surface area contributed by atoms with Crippen LogP contribution < -0.4 is 0 Å². The van der Waals surface area contributed by atoms with Crippen LogP contribution in [0, 0.1) is 35.5 Å². The molecule has 1 saturated heterocycles. The zero-order chi connectivity index (χ0) is 13.9. The lowest BCUT2D eigenvalue weighted by molar-refractivity contribution is -0.140. The molecular formula is C17H21NO2. The van der Waals surface area contributed by atoms with E-state index in [4.69, 9.17) is 0 Å². The summed E-state index contributed by atoms with van der Waals surface area (Å²) in [5.74, 6) is 1.65. The second kappa shape index (κ2) is 4.31. The highest BCUT2D eigenvalue weighted by atomic mass is 16.2. The van der Waals surface area contributed by atoms with Gasteiger partial charge >= 0.3 is 0 Å². The molecule has 1 aliphatic heterocycles. The highest BCUT2D eigenvalue weighted by Crippen LogP contribution is 2.58. The fraction of sp³-hybridized carbons (Fsp3) is 0.647. The van der Waals surface area contributed by atoms with Crippen molar-refractivity contribution >= 4 is 11.8 Å². The number of unbranched alkanes of at least 4 members (excludes halogenated alkanes) is 2. The molecule has 3 nitrogen and oxygen atoms in total. The quantitative estimate of drug-likeness (QED) is 0.447. The maximum Gasteiger partial charge on any atom is 0.233 e. The number of amides is 2. The van der Waals surface area contributed by atoms with Crippen molar-refractivity contribution in [3.05, 3.63) is 24.3 Å². The number of allylic oxidation sites excluding steroid dienone is 4. The summed E-state index contributed by atoms with van der Waals surface area (Å²) in [6.45, 7) is 2.77. The van der Waals surface area contributed by atoms with E-state index in [1.54, 1.807) is 4.90 Å². The lowest BCUT2D eigenvalue weighted by Crippen LogP contribution is -2.50. The minimum atomic E-state index is -0.0645. The van der Waals surface area contributed by atoms with Crippen molar-refractivity contribution in [2.45, 2.75) is 26.2 Å². The summed E-state index contributed by atoms with van der Waals surface area (Å²) in [6, 6.07) is 0. The Kier molecular flexibility index (Phi) is 2.66. The van der Waals surface area contributed by atoms with Crippen LogP contribution in [0.2, 0.25) is 0 Å². The molecule has 6 atom stereocenters. The summed E-state index contributed by atoms with van der Waals surface area (Å²) in [4.78, 5) is 26.9. The molecule has 3 heteroatoms. The van der Waals surface area contributed by atoms with Gasteiger partial charge in [-0.2, -0.15) is 0 Å². The first kappa shape index (κ1) is 12.4. The van der Waals surface area contributed by atoms with Gasteiger partial charge < -0.3 is 0 Å². The molecule has 0 aromatic rings. The van der Waals surface area contributed by atoms with Gasteiger partial charge in [0.05, 0.1) is 11.8 Å². The number of rotatable bonds is 4. The second-order valence-electron chi connectivity index (χ2n) is 6.67. The van der Waals surface area contributed by atoms with Gasteiger partial charge in [0.15, 0.2) is 0 Å². The molecule has 0 aromatic heterocycles. The van der Waals surface area contributed by atoms with E-state index >= 15 is 0 Å². The van der Waals surface area contributed by atoms with Crippen molar-refractivity contribution in [2.24, 2.45) is 35.5 Å². The highest BCUT2D eigenvalue weighted by molar-refractivity contribution is 6.06. The average molecular weight is 271 g/mol. The molecule has 5 rings (SSSR count). The number of likely N-dealkylation sites (tertiary alicyclic amines) is 1. The van der Waals surface area contributed by atoms with Crippen molar-refractivity contribution in [1.29, 1.82) is 0 Å². The van der Waals surface area contributed by atoms with Crippen LogP contribution >= 0.6 is 0 Å². The molecule has 106 valence electrons. The van der Waals surface area contributed by atoms with E-state index in [9.17, 15) is 9.59 Å². The first-order chi connectivity index (χ1) is 9.74. The van der Waals surface area contributed by atoms with Crippen LogP contribution in [0.25, 0.3) is 0 Å². The van der Waals surface area contributed by atoms with Crippen LogP contribution in [0.3, 0.4) is 0 Å². The lowest BCUT2D eigenvalue weighted by atomic mass is 9.50. The SMILES string of the molecule is CCCCCN1C(=O)C2C3C=CC(C4C=C[C@H]43)[C@@H]2C1=O. The average Bonchev–Trinajstić information content (AvgIpc) is 2.65. The molecule has 1 saturated carbocycles. The van der Waals surface area contributed by atoms with Gasteiger partial charge in [0.1, 0.15) is 0 Å². The fourth-order valence-electron chi connectivity index (χ4n) is 4.69. The van der Waals surface area contributed by atoms with E-state index in [1.165, 1.54) is 0 Å². The molecule has 5 aliphatic rings. The third kappa shape index (κ3) is 1.41. The van der Waals surface area contributed by atoms with Crippen molar-refractivity contribution in [1.82, 2.24) is 4.90 Å². The molecule has 0 N–H and O–H groups in total. The second-order valence-corrected chi connectivity index (χ2v) is 6.67. The fourth-order valence-corrected chi connectivity index (χ4v) is 4.69. The van der Waals surface area contributed by atoms with Gasteiger partial charge in [-0.25, -0.2) is 0 Å². The zero-order valence-corrected chi connectivity index (χ0v) is 11.9. The number of carbonyl (C=O) groups excluding carboxylic acids is 2. The molecule has 4 aliphatic carbocycles. The molecule has 2 bridgehead atoms. The minimum absolute atomic E-state index is 0.0645. The van der Waals surface area contributed by atoms with Crippen molar-refractivity contribution in [2.75, 3.05) is 6.54 Å². The number of imide groups is 1. The minimum Gasteiger partial charge on any atom is -0.282 e. The zero-order valence-electron chi connectivity index (χ0n) is 11.9. The molecule has 0 radical (unpaired) electrons. The van der Waals surface area contributed by atoms with E-state index in [1.807, 2.05) is 0 Å². The van der Waals surface area contributed by atoms with Crippen LogP contribution in [-0.2, 0) is 9.59 Å². The summed E-state index contributed by atoms with van der Waals surface area (Å²) in [6.07, 6.45) is 12.0. The van der Waals surface area contributed by atoms with Gasteiger partial charge in [-0.05, 0) is 30.1 Å². The molecule has 2 fully saturated rings. The van der Waals surface area contributed by atoms with Crippen LogP contribution in [0.1, 0.15) is 26.2 Å². The van der Waals surface area contributed by atoms with Crippen LogP contribution in [-0.4, -0.2) is 23.3 Å². The third-order valence-electron chi connectivity index (χ3n) is 5.75. The maximum absolute atomic E-state index is 12.7. The largest absolute Gasteiger partial charge is 0.282 e. The molecule has 4 unspecified atom stereocenters. The highest BCUT2D eigenvalue weighted by Gasteiger charge is 2.62. The maximum atomic E-state index is 12.7. The summed E-state index contributed by atoms with van der Waals surface area (Å²) < 4.78 is 0. The normalized spacial score (nSPS) is 43.8. The van der Waals surface area contributed by atoms with E-state index in [2.05, 4.69) is 31.2 Å². The Hall–Kier alpha value is -1.38. The topological polar surface area (TPSA) is 37.4 Å². The van der Waals surface area contributed by atoms with Crippen LogP contribution in [0.15, 0.2) is 24.3 Å². The monoisotopic (exact) mass is 271 g/mol. The Morgan fingerprint density at radius 3 is 1.80 bits per heavy atom. The Balaban J connectivity index is 1.60. The van der Waals surface area contributed by atoms with E-state index < -0.39 is 0 Å². The van der Waals surface area contributed by atoms with Gasteiger partial charge in [-0.3, -0.25) is 14.5 Å². The number of hydrogen-bond donors (Lipinski definition) is 0. The van der Waals surface area contributed by atoms with Crippen LogP contribution in [0.4, 0.5) is 0 Å². The first-order valence-corrected chi connectivity index (χ1v) is 7.96. The number of nitrogens with zero attached hydrogens (tertiary/aromatic N) is 1. The molecule has 1 heterocycles. The summed E-state index contributed by atoms with van der Waals surface area (Å²) in [5, 5.41) is 0. The van der Waals surface area contributed by atoms with Gasteiger partial charge in [0.25, 0.3) is 0 Å². The first-order valence-electron chi connectivity index (χ1n) is 7.96. The molecule has 20 heavy (non-hydrogen) atoms. The molecule has 0 spiro atoms. The van der Waals surface area contributed by atoms with Crippen molar-refractivity contribution < 1.29 is 9.59 Å². The smallest absolute Gasteiger partial charge is 0.233 e. The summed E-state index contributed by atoms with van der Waals surface area (Å²) >= 11 is 0. The Bertz CT molecular complexity index is 481. The van der Waals surface area contributed by atoms with E-state index in [-0.39, 0.29) is 35.5 Å².